The summed E-state index contributed by atoms with van der Waals surface area (Å²) in [6, 6.07) is 21.1. The molecule has 6 N–H and O–H groups in total. The first-order valence-electron chi connectivity index (χ1n) is 15.6. The maximum Gasteiger partial charge on any atom is 0.254 e. The number of carbonyl (C=O) groups excluding carboxylic acids is 3. The Morgan fingerprint density at radius 2 is 1.58 bits per heavy atom. The molecule has 1 atom stereocenters. The highest BCUT2D eigenvalue weighted by Gasteiger charge is 2.33. The zero-order valence-electron chi connectivity index (χ0n) is 26.5. The number of hydrogen-bond acceptors (Lipinski definition) is 5. The smallest absolute Gasteiger partial charge is 0.254 e. The quantitative estimate of drug-likeness (QED) is 0.154. The predicted molar refractivity (Wildman–Crippen MR) is 176 cm³/mol. The molecule has 3 amide bonds. The number of nitrogens with one attached hydrogen (secondary N) is 2. The second-order valence-corrected chi connectivity index (χ2v) is 12.9. The fourth-order valence-corrected chi connectivity index (χ4v) is 5.78. The highest BCUT2D eigenvalue weighted by molar-refractivity contribution is 6.01. The first-order valence-corrected chi connectivity index (χ1v) is 15.6. The van der Waals surface area contributed by atoms with Gasteiger partial charge in [-0.15, -0.1) is 0 Å². The van der Waals surface area contributed by atoms with Crippen LogP contribution in [0.25, 0.3) is 0 Å². The van der Waals surface area contributed by atoms with E-state index in [-0.39, 0.29) is 36.2 Å². The standard InChI is InChI=1S/C36H45N5O4/c1-36(2,3)28-15-17-29(18-16-28)45-30-14-7-11-25(19-30)23-41(35(44)27-13-8-12-26(21-27)33(38)39)31(34(43)40-22-32(37)42)20-24-9-5-4-6-10-24/h7-8,11-19,21,24,31H,4-6,9-10,20,22-23H2,1-3H3,(H2,37,42)(H3,38,39)(H,40,43). The maximum absolute atomic E-state index is 14.3. The summed E-state index contributed by atoms with van der Waals surface area (Å²) in [5.41, 5.74) is 13.8. The minimum atomic E-state index is -0.851. The van der Waals surface area contributed by atoms with Crippen molar-refractivity contribution in [3.8, 4) is 11.5 Å². The van der Waals surface area contributed by atoms with Crippen LogP contribution in [0.5, 0.6) is 11.5 Å². The summed E-state index contributed by atoms with van der Waals surface area (Å²) in [5.74, 6) is -0.0764. The monoisotopic (exact) mass is 611 g/mol. The van der Waals surface area contributed by atoms with Crippen LogP contribution in [0.15, 0.2) is 72.8 Å². The van der Waals surface area contributed by atoms with E-state index in [2.05, 4.69) is 38.2 Å². The van der Waals surface area contributed by atoms with E-state index < -0.39 is 17.9 Å². The van der Waals surface area contributed by atoms with Crippen molar-refractivity contribution in [3.63, 3.8) is 0 Å². The molecular formula is C36H45N5O4. The Balaban J connectivity index is 1.67. The molecule has 0 aromatic heterocycles. The number of carbonyl (C=O) groups is 3. The molecule has 9 heteroatoms. The fourth-order valence-electron chi connectivity index (χ4n) is 5.78. The molecule has 1 fully saturated rings. The van der Waals surface area contributed by atoms with Gasteiger partial charge in [0.1, 0.15) is 23.4 Å². The number of hydrogen-bond donors (Lipinski definition) is 4. The van der Waals surface area contributed by atoms with Crippen molar-refractivity contribution in [3.05, 3.63) is 95.1 Å². The number of amidine groups is 1. The van der Waals surface area contributed by atoms with Gasteiger partial charge in [0.25, 0.3) is 5.91 Å². The molecule has 238 valence electrons. The van der Waals surface area contributed by atoms with Gasteiger partial charge in [-0.2, -0.15) is 0 Å². The average molecular weight is 612 g/mol. The van der Waals surface area contributed by atoms with Gasteiger partial charge in [-0.05, 0) is 65.3 Å². The Bertz CT molecular complexity index is 1510. The summed E-state index contributed by atoms with van der Waals surface area (Å²) in [4.78, 5) is 41.1. The molecule has 0 aliphatic heterocycles. The van der Waals surface area contributed by atoms with Crippen LogP contribution in [0.3, 0.4) is 0 Å². The first kappa shape index (κ1) is 33.2. The van der Waals surface area contributed by atoms with Crippen molar-refractivity contribution in [2.75, 3.05) is 6.54 Å². The van der Waals surface area contributed by atoms with Crippen molar-refractivity contribution >= 4 is 23.6 Å². The SMILES string of the molecule is CC(C)(C)c1ccc(Oc2cccc(CN(C(=O)c3cccc(C(=N)N)c3)C(CC3CCCCC3)C(=O)NCC(N)=O)c2)cc1. The summed E-state index contributed by atoms with van der Waals surface area (Å²) < 4.78 is 6.18. The van der Waals surface area contributed by atoms with Crippen LogP contribution in [0.4, 0.5) is 0 Å². The van der Waals surface area contributed by atoms with Crippen molar-refractivity contribution in [2.45, 2.75) is 77.3 Å². The number of amides is 3. The molecule has 9 nitrogen and oxygen atoms in total. The lowest BCUT2D eigenvalue weighted by Gasteiger charge is -2.34. The van der Waals surface area contributed by atoms with Crippen molar-refractivity contribution < 1.29 is 19.1 Å². The van der Waals surface area contributed by atoms with Crippen LogP contribution in [0.2, 0.25) is 0 Å². The minimum Gasteiger partial charge on any atom is -0.457 e. The van der Waals surface area contributed by atoms with E-state index in [1.807, 2.05) is 36.4 Å². The Kier molecular flexibility index (Phi) is 11.0. The topological polar surface area (TPSA) is 152 Å². The van der Waals surface area contributed by atoms with Crippen molar-refractivity contribution in [1.29, 1.82) is 5.41 Å². The maximum atomic E-state index is 14.3. The number of nitrogens with zero attached hydrogens (tertiary/aromatic N) is 1. The van der Waals surface area contributed by atoms with E-state index in [1.54, 1.807) is 29.2 Å². The van der Waals surface area contributed by atoms with Gasteiger partial charge in [0.15, 0.2) is 0 Å². The number of ether oxygens (including phenoxy) is 1. The molecular weight excluding hydrogens is 566 g/mol. The van der Waals surface area contributed by atoms with Gasteiger partial charge >= 0.3 is 0 Å². The summed E-state index contributed by atoms with van der Waals surface area (Å²) in [6.45, 7) is 6.27. The third-order valence-electron chi connectivity index (χ3n) is 8.29. The highest BCUT2D eigenvalue weighted by Crippen LogP contribution is 2.31. The second kappa shape index (κ2) is 14.9. The minimum absolute atomic E-state index is 0.0241. The van der Waals surface area contributed by atoms with Gasteiger partial charge in [0.05, 0.1) is 6.54 Å². The first-order chi connectivity index (χ1) is 21.4. The molecule has 3 aromatic rings. The lowest BCUT2D eigenvalue weighted by atomic mass is 9.84. The number of nitrogens with two attached hydrogens (primary N) is 2. The molecule has 4 rings (SSSR count). The molecule has 3 aromatic carbocycles. The molecule has 0 bridgehead atoms. The molecule has 45 heavy (non-hydrogen) atoms. The summed E-state index contributed by atoms with van der Waals surface area (Å²) in [6.07, 6.45) is 5.70. The number of rotatable bonds is 12. The Labute approximate surface area is 265 Å². The second-order valence-electron chi connectivity index (χ2n) is 12.9. The predicted octanol–water partition coefficient (Wildman–Crippen LogP) is 5.64. The third kappa shape index (κ3) is 9.41. The molecule has 0 heterocycles. The van der Waals surface area contributed by atoms with Crippen LogP contribution in [-0.2, 0) is 21.5 Å². The van der Waals surface area contributed by atoms with E-state index >= 15 is 0 Å². The van der Waals surface area contributed by atoms with E-state index in [0.29, 0.717) is 29.0 Å². The molecule has 0 saturated heterocycles. The average Bonchev–Trinajstić information content (AvgIpc) is 3.01. The Morgan fingerprint density at radius 1 is 0.911 bits per heavy atom. The van der Waals surface area contributed by atoms with Gasteiger partial charge in [0, 0.05) is 17.7 Å². The fraction of sp³-hybridized carbons (Fsp3) is 0.389. The molecule has 1 unspecified atom stereocenters. The van der Waals surface area contributed by atoms with Crippen LogP contribution >= 0.6 is 0 Å². The summed E-state index contributed by atoms with van der Waals surface area (Å²) in [5, 5.41) is 10.5. The van der Waals surface area contributed by atoms with E-state index in [0.717, 1.165) is 37.7 Å². The molecule has 1 aliphatic carbocycles. The van der Waals surface area contributed by atoms with Crippen molar-refractivity contribution in [1.82, 2.24) is 10.2 Å². The van der Waals surface area contributed by atoms with Crippen LogP contribution in [-0.4, -0.2) is 41.0 Å². The Morgan fingerprint density at radius 3 is 2.22 bits per heavy atom. The van der Waals surface area contributed by atoms with Crippen LogP contribution in [0, 0.1) is 11.3 Å². The van der Waals surface area contributed by atoms with Gasteiger partial charge < -0.3 is 26.4 Å². The zero-order valence-corrected chi connectivity index (χ0v) is 26.5. The van der Waals surface area contributed by atoms with Crippen LogP contribution < -0.4 is 21.5 Å². The van der Waals surface area contributed by atoms with Gasteiger partial charge in [-0.3, -0.25) is 19.8 Å². The normalized spacial score (nSPS) is 14.3. The van der Waals surface area contributed by atoms with Gasteiger partial charge in [-0.1, -0.05) is 89.3 Å². The number of benzene rings is 3. The van der Waals surface area contributed by atoms with Gasteiger partial charge in [-0.25, -0.2) is 0 Å². The molecule has 0 spiro atoms. The Hall–Kier alpha value is -4.66. The third-order valence-corrected chi connectivity index (χ3v) is 8.29. The van der Waals surface area contributed by atoms with Gasteiger partial charge in [0.2, 0.25) is 11.8 Å². The highest BCUT2D eigenvalue weighted by atomic mass is 16.5. The molecule has 1 saturated carbocycles. The van der Waals surface area contributed by atoms with Crippen molar-refractivity contribution in [2.24, 2.45) is 17.4 Å². The number of primary amides is 1. The zero-order chi connectivity index (χ0) is 32.6. The molecule has 1 aliphatic rings. The summed E-state index contributed by atoms with van der Waals surface area (Å²) >= 11 is 0. The molecule has 0 radical (unpaired) electrons. The van der Waals surface area contributed by atoms with E-state index in [4.69, 9.17) is 21.6 Å². The summed E-state index contributed by atoms with van der Waals surface area (Å²) in [7, 11) is 0. The van der Waals surface area contributed by atoms with E-state index in [9.17, 15) is 14.4 Å². The number of nitrogen functional groups attached to an aromatic ring is 1. The lowest BCUT2D eigenvalue weighted by molar-refractivity contribution is -0.129. The largest absolute Gasteiger partial charge is 0.457 e. The van der Waals surface area contributed by atoms with Crippen LogP contribution in [0.1, 0.15) is 86.3 Å². The van der Waals surface area contributed by atoms with E-state index in [1.165, 1.54) is 5.56 Å². The lowest BCUT2D eigenvalue weighted by Crippen LogP contribution is -2.51.